The molecule has 0 bridgehead atoms. The highest BCUT2D eigenvalue weighted by molar-refractivity contribution is 5.87. The van der Waals surface area contributed by atoms with Crippen molar-refractivity contribution >= 4 is 5.84 Å². The van der Waals surface area contributed by atoms with E-state index >= 15 is 0 Å². The van der Waals surface area contributed by atoms with Gasteiger partial charge in [0.2, 0.25) is 0 Å². The van der Waals surface area contributed by atoms with Crippen LogP contribution in [0.2, 0.25) is 0 Å². The number of nitrogens with two attached hydrogens (primary N) is 1. The average molecular weight is 209 g/mol. The van der Waals surface area contributed by atoms with Crippen molar-refractivity contribution in [3.8, 4) is 0 Å². The molecule has 2 aliphatic rings. The standard InChI is InChI=1S/C12H23N3/c1-12(8-4-5-9-12)11(15-13)14-10-6-2-3-7-10/h10H,2-9,13H2,1H3,(H,14,15). The number of hydrogen-bond acceptors (Lipinski definition) is 2. The van der Waals surface area contributed by atoms with Gasteiger partial charge in [0.05, 0.1) is 6.04 Å². The Hall–Kier alpha value is -0.570. The normalized spacial score (nSPS) is 27.2. The molecule has 0 spiro atoms. The molecule has 0 radical (unpaired) electrons. The summed E-state index contributed by atoms with van der Waals surface area (Å²) in [6, 6.07) is 0.536. The second kappa shape index (κ2) is 4.52. The summed E-state index contributed by atoms with van der Waals surface area (Å²) in [5.41, 5.74) is 3.09. The molecule has 0 heterocycles. The van der Waals surface area contributed by atoms with Crippen LogP contribution >= 0.6 is 0 Å². The second-order valence-electron chi connectivity index (χ2n) is 5.33. The number of aliphatic imine (C=N–C) groups is 1. The van der Waals surface area contributed by atoms with Crippen molar-refractivity contribution < 1.29 is 0 Å². The third-order valence-electron chi connectivity index (χ3n) is 4.05. The minimum atomic E-state index is 0.233. The molecule has 3 N–H and O–H groups in total. The first-order chi connectivity index (χ1) is 7.24. The smallest absolute Gasteiger partial charge is 0.117 e. The lowest BCUT2D eigenvalue weighted by Gasteiger charge is -2.26. The minimum Gasteiger partial charge on any atom is -0.312 e. The highest BCUT2D eigenvalue weighted by Crippen LogP contribution is 2.38. The van der Waals surface area contributed by atoms with Crippen molar-refractivity contribution in [2.75, 3.05) is 0 Å². The van der Waals surface area contributed by atoms with Gasteiger partial charge in [-0.25, -0.2) is 5.84 Å². The van der Waals surface area contributed by atoms with Gasteiger partial charge in [-0.3, -0.25) is 4.99 Å². The molecule has 0 amide bonds. The van der Waals surface area contributed by atoms with Crippen molar-refractivity contribution in [3.63, 3.8) is 0 Å². The summed E-state index contributed by atoms with van der Waals surface area (Å²) in [6.45, 7) is 2.30. The predicted molar refractivity (Wildman–Crippen MR) is 63.6 cm³/mol. The van der Waals surface area contributed by atoms with Crippen molar-refractivity contribution in [2.24, 2.45) is 16.3 Å². The Bertz CT molecular complexity index is 235. The summed E-state index contributed by atoms with van der Waals surface area (Å²) in [5.74, 6) is 6.70. The minimum absolute atomic E-state index is 0.233. The van der Waals surface area contributed by atoms with E-state index in [1.807, 2.05) is 0 Å². The second-order valence-corrected chi connectivity index (χ2v) is 5.33. The lowest BCUT2D eigenvalue weighted by molar-refractivity contribution is 0.464. The Morgan fingerprint density at radius 1 is 1.20 bits per heavy atom. The zero-order valence-corrected chi connectivity index (χ0v) is 9.76. The summed E-state index contributed by atoms with van der Waals surface area (Å²) in [5, 5.41) is 0. The van der Waals surface area contributed by atoms with Crippen molar-refractivity contribution in [2.45, 2.75) is 64.3 Å². The van der Waals surface area contributed by atoms with Crippen LogP contribution in [0.15, 0.2) is 4.99 Å². The molecule has 86 valence electrons. The van der Waals surface area contributed by atoms with Crippen molar-refractivity contribution in [1.29, 1.82) is 0 Å². The molecule has 2 saturated carbocycles. The fourth-order valence-electron chi connectivity index (χ4n) is 2.98. The summed E-state index contributed by atoms with van der Waals surface area (Å²) in [4.78, 5) is 4.83. The summed E-state index contributed by atoms with van der Waals surface area (Å²) < 4.78 is 0. The number of hydrogen-bond donors (Lipinski definition) is 2. The monoisotopic (exact) mass is 209 g/mol. The lowest BCUT2D eigenvalue weighted by Crippen LogP contribution is -2.42. The van der Waals surface area contributed by atoms with E-state index in [1.54, 1.807) is 0 Å². The molecule has 2 fully saturated rings. The fraction of sp³-hybridized carbons (Fsp3) is 0.917. The molecule has 15 heavy (non-hydrogen) atoms. The van der Waals surface area contributed by atoms with E-state index in [1.165, 1.54) is 51.4 Å². The van der Waals surface area contributed by atoms with Crippen LogP contribution in [0.5, 0.6) is 0 Å². The molecular formula is C12H23N3. The number of nitrogens with one attached hydrogen (secondary N) is 1. The molecule has 0 aromatic carbocycles. The van der Waals surface area contributed by atoms with Crippen LogP contribution in [-0.2, 0) is 0 Å². The Balaban J connectivity index is 2.07. The van der Waals surface area contributed by atoms with Gasteiger partial charge in [-0.05, 0) is 25.7 Å². The summed E-state index contributed by atoms with van der Waals surface area (Å²) >= 11 is 0. The van der Waals surface area contributed by atoms with E-state index < -0.39 is 0 Å². The van der Waals surface area contributed by atoms with E-state index in [0.717, 1.165) is 5.84 Å². The van der Waals surface area contributed by atoms with Gasteiger partial charge >= 0.3 is 0 Å². The van der Waals surface area contributed by atoms with E-state index in [0.29, 0.717) is 6.04 Å². The lowest BCUT2D eigenvalue weighted by atomic mass is 9.87. The molecule has 0 aliphatic heterocycles. The number of rotatable bonds is 2. The van der Waals surface area contributed by atoms with Gasteiger partial charge in [-0.2, -0.15) is 0 Å². The summed E-state index contributed by atoms with van der Waals surface area (Å²) in [7, 11) is 0. The fourth-order valence-corrected chi connectivity index (χ4v) is 2.98. The first-order valence-electron chi connectivity index (χ1n) is 6.29. The third kappa shape index (κ3) is 2.33. The van der Waals surface area contributed by atoms with Gasteiger partial charge in [0, 0.05) is 5.41 Å². The van der Waals surface area contributed by atoms with E-state index in [2.05, 4.69) is 12.3 Å². The van der Waals surface area contributed by atoms with Crippen LogP contribution in [0.25, 0.3) is 0 Å². The molecule has 3 heteroatoms. The SMILES string of the molecule is CC1(C(=NC2CCCC2)NN)CCCC1. The molecule has 3 nitrogen and oxygen atoms in total. The predicted octanol–water partition coefficient (Wildman–Crippen LogP) is 2.37. The highest BCUT2D eigenvalue weighted by Gasteiger charge is 2.34. The maximum Gasteiger partial charge on any atom is 0.117 e. The van der Waals surface area contributed by atoms with Crippen LogP contribution in [0.3, 0.4) is 0 Å². The molecule has 0 unspecified atom stereocenters. The molecule has 0 aromatic heterocycles. The maximum atomic E-state index is 5.64. The molecule has 2 rings (SSSR count). The molecule has 0 atom stereocenters. The first-order valence-corrected chi connectivity index (χ1v) is 6.29. The summed E-state index contributed by atoms with van der Waals surface area (Å²) in [6.07, 6.45) is 10.3. The molecule has 2 aliphatic carbocycles. The van der Waals surface area contributed by atoms with Crippen LogP contribution < -0.4 is 11.3 Å². The van der Waals surface area contributed by atoms with E-state index in [-0.39, 0.29) is 5.41 Å². The van der Waals surface area contributed by atoms with Gasteiger partial charge in [0.25, 0.3) is 0 Å². The van der Waals surface area contributed by atoms with Gasteiger partial charge in [-0.1, -0.05) is 32.6 Å². The average Bonchev–Trinajstić information content (AvgIpc) is 2.85. The van der Waals surface area contributed by atoms with Crippen LogP contribution in [0.4, 0.5) is 0 Å². The van der Waals surface area contributed by atoms with Gasteiger partial charge in [-0.15, -0.1) is 0 Å². The molecule has 0 aromatic rings. The van der Waals surface area contributed by atoms with Crippen LogP contribution in [0, 0.1) is 5.41 Å². The molecular weight excluding hydrogens is 186 g/mol. The zero-order valence-electron chi connectivity index (χ0n) is 9.76. The van der Waals surface area contributed by atoms with Crippen molar-refractivity contribution in [1.82, 2.24) is 5.43 Å². The Labute approximate surface area is 92.5 Å². The van der Waals surface area contributed by atoms with Gasteiger partial charge < -0.3 is 5.43 Å². The highest BCUT2D eigenvalue weighted by atomic mass is 15.3. The quantitative estimate of drug-likeness (QED) is 0.317. The van der Waals surface area contributed by atoms with Crippen LogP contribution in [0.1, 0.15) is 58.3 Å². The molecule has 0 saturated heterocycles. The zero-order chi connectivity index (χ0) is 10.7. The Kier molecular flexibility index (Phi) is 3.29. The Morgan fingerprint density at radius 3 is 2.33 bits per heavy atom. The maximum absolute atomic E-state index is 5.64. The Morgan fingerprint density at radius 2 is 1.80 bits per heavy atom. The number of amidine groups is 1. The van der Waals surface area contributed by atoms with E-state index in [4.69, 9.17) is 10.8 Å². The van der Waals surface area contributed by atoms with E-state index in [9.17, 15) is 0 Å². The number of hydrazine groups is 1. The van der Waals surface area contributed by atoms with Gasteiger partial charge in [0.1, 0.15) is 5.84 Å². The number of nitrogens with zero attached hydrogens (tertiary/aromatic N) is 1. The largest absolute Gasteiger partial charge is 0.312 e. The topological polar surface area (TPSA) is 50.4 Å². The van der Waals surface area contributed by atoms with Gasteiger partial charge in [0.15, 0.2) is 0 Å². The first kappa shape index (κ1) is 10.9. The van der Waals surface area contributed by atoms with Crippen LogP contribution in [-0.4, -0.2) is 11.9 Å². The van der Waals surface area contributed by atoms with Crippen molar-refractivity contribution in [3.05, 3.63) is 0 Å². The third-order valence-corrected chi connectivity index (χ3v) is 4.05.